The highest BCUT2D eigenvalue weighted by molar-refractivity contribution is 7.86. The molecule has 1 unspecified atom stereocenters. The SMILES string of the molecule is CCN(CC)CC(=O)OC(C(F)(F)F)C(F)(F)S(=O)(=O)O. The number of carbonyl (C=O) groups is 1. The van der Waals surface area contributed by atoms with Crippen molar-refractivity contribution in [2.24, 2.45) is 0 Å². The number of alkyl halides is 5. The van der Waals surface area contributed by atoms with Crippen molar-refractivity contribution < 1.29 is 44.5 Å². The van der Waals surface area contributed by atoms with E-state index in [0.29, 0.717) is 0 Å². The fourth-order valence-corrected chi connectivity index (χ4v) is 1.71. The van der Waals surface area contributed by atoms with Gasteiger partial charge in [-0.1, -0.05) is 13.8 Å². The number of hydrogen-bond acceptors (Lipinski definition) is 5. The lowest BCUT2D eigenvalue weighted by Gasteiger charge is -2.27. The van der Waals surface area contributed by atoms with E-state index >= 15 is 0 Å². The number of ether oxygens (including phenoxy) is 1. The van der Waals surface area contributed by atoms with Gasteiger partial charge in [0.15, 0.2) is 0 Å². The van der Waals surface area contributed by atoms with Gasteiger partial charge in [-0.15, -0.1) is 0 Å². The molecule has 0 aromatic carbocycles. The topological polar surface area (TPSA) is 83.9 Å². The Morgan fingerprint density at radius 2 is 1.62 bits per heavy atom. The first-order chi connectivity index (χ1) is 9.27. The van der Waals surface area contributed by atoms with Crippen molar-refractivity contribution >= 4 is 16.1 Å². The highest BCUT2D eigenvalue weighted by atomic mass is 32.2. The zero-order chi connectivity index (χ0) is 17.1. The number of nitrogens with zero attached hydrogens (tertiary/aromatic N) is 1. The van der Waals surface area contributed by atoms with Gasteiger partial charge in [-0.2, -0.15) is 30.4 Å². The molecule has 0 amide bonds. The third-order valence-electron chi connectivity index (χ3n) is 2.44. The van der Waals surface area contributed by atoms with Crippen LogP contribution in [0.5, 0.6) is 0 Å². The van der Waals surface area contributed by atoms with Crippen LogP contribution < -0.4 is 0 Å². The van der Waals surface area contributed by atoms with Crippen molar-refractivity contribution in [3.63, 3.8) is 0 Å². The Hall–Kier alpha value is -1.01. The van der Waals surface area contributed by atoms with Crippen LogP contribution in [0.4, 0.5) is 22.0 Å². The number of esters is 1. The van der Waals surface area contributed by atoms with Crippen LogP contribution in [0, 0.1) is 0 Å². The van der Waals surface area contributed by atoms with E-state index in [1.165, 1.54) is 4.90 Å². The third-order valence-corrected chi connectivity index (χ3v) is 3.34. The van der Waals surface area contributed by atoms with Crippen LogP contribution in [0.15, 0.2) is 0 Å². The highest BCUT2D eigenvalue weighted by Crippen LogP contribution is 2.37. The Morgan fingerprint density at radius 1 is 1.19 bits per heavy atom. The standard InChI is InChI=1S/C9H14F5NO5S/c1-3-15(4-2)5-6(16)20-7(8(10,11)12)9(13,14)21(17,18)19/h7H,3-5H2,1-2H3,(H,17,18,19). The van der Waals surface area contributed by atoms with Crippen LogP contribution in [-0.4, -0.2) is 61.0 Å². The second-order valence-corrected chi connectivity index (χ2v) is 5.40. The Bertz CT molecular complexity index is 460. The molecule has 0 aromatic rings. The summed E-state index contributed by atoms with van der Waals surface area (Å²) in [5.41, 5.74) is 0. The molecule has 1 N–H and O–H groups in total. The first kappa shape index (κ1) is 20.0. The zero-order valence-electron chi connectivity index (χ0n) is 11.0. The predicted molar refractivity (Wildman–Crippen MR) is 60.2 cm³/mol. The van der Waals surface area contributed by atoms with E-state index < -0.39 is 40.2 Å². The molecule has 12 heteroatoms. The van der Waals surface area contributed by atoms with Crippen LogP contribution in [0.25, 0.3) is 0 Å². The molecule has 0 spiro atoms. The quantitative estimate of drug-likeness (QED) is 0.426. The van der Waals surface area contributed by atoms with Gasteiger partial charge in [-0.25, -0.2) is 0 Å². The number of hydrogen-bond donors (Lipinski definition) is 1. The maximum absolute atomic E-state index is 13.1. The van der Waals surface area contributed by atoms with Gasteiger partial charge >= 0.3 is 27.5 Å². The molecule has 0 aliphatic carbocycles. The summed E-state index contributed by atoms with van der Waals surface area (Å²) in [4.78, 5) is 12.5. The molecule has 6 nitrogen and oxygen atoms in total. The highest BCUT2D eigenvalue weighted by Gasteiger charge is 2.66. The normalized spacial score (nSPS) is 15.1. The molecule has 0 saturated heterocycles. The number of likely N-dealkylation sites (N-methyl/N-ethyl adjacent to an activating group) is 1. The summed E-state index contributed by atoms with van der Waals surface area (Å²) >= 11 is 0. The molecule has 0 radical (unpaired) electrons. The van der Waals surface area contributed by atoms with Gasteiger partial charge in [-0.05, 0) is 13.1 Å². The summed E-state index contributed by atoms with van der Waals surface area (Å²) in [6, 6.07) is 0. The lowest BCUT2D eigenvalue weighted by atomic mass is 10.3. The zero-order valence-corrected chi connectivity index (χ0v) is 11.8. The van der Waals surface area contributed by atoms with Crippen LogP contribution >= 0.6 is 0 Å². The van der Waals surface area contributed by atoms with E-state index in [0.717, 1.165) is 0 Å². The summed E-state index contributed by atoms with van der Waals surface area (Å²) in [6.07, 6.45) is -10.2. The van der Waals surface area contributed by atoms with Gasteiger partial charge in [0.2, 0.25) is 0 Å². The van der Waals surface area contributed by atoms with Crippen LogP contribution in [0.1, 0.15) is 13.8 Å². The maximum atomic E-state index is 13.1. The average Bonchev–Trinajstić information content (AvgIpc) is 2.29. The summed E-state index contributed by atoms with van der Waals surface area (Å²) in [5.74, 6) is -1.69. The second-order valence-electron chi connectivity index (χ2n) is 3.91. The van der Waals surface area contributed by atoms with Gasteiger partial charge in [0.05, 0.1) is 6.54 Å². The fraction of sp³-hybridized carbons (Fsp3) is 0.889. The molecule has 0 aromatic heterocycles. The van der Waals surface area contributed by atoms with Crippen LogP contribution in [0.3, 0.4) is 0 Å². The van der Waals surface area contributed by atoms with Crippen molar-refractivity contribution in [3.05, 3.63) is 0 Å². The van der Waals surface area contributed by atoms with Gasteiger partial charge in [0.25, 0.3) is 6.10 Å². The van der Waals surface area contributed by atoms with Crippen LogP contribution in [0.2, 0.25) is 0 Å². The van der Waals surface area contributed by atoms with E-state index in [2.05, 4.69) is 4.74 Å². The van der Waals surface area contributed by atoms with Crippen molar-refractivity contribution in [2.45, 2.75) is 31.4 Å². The van der Waals surface area contributed by atoms with E-state index in [1.54, 1.807) is 13.8 Å². The first-order valence-corrected chi connectivity index (χ1v) is 7.04. The van der Waals surface area contributed by atoms with Crippen molar-refractivity contribution in [1.82, 2.24) is 4.90 Å². The number of halogens is 5. The van der Waals surface area contributed by atoms with Crippen molar-refractivity contribution in [1.29, 1.82) is 0 Å². The van der Waals surface area contributed by atoms with Crippen LogP contribution in [-0.2, 0) is 19.6 Å². The molecule has 126 valence electrons. The third kappa shape index (κ3) is 5.36. The predicted octanol–water partition coefficient (Wildman–Crippen LogP) is 1.28. The number of carbonyl (C=O) groups excluding carboxylic acids is 1. The maximum Gasteiger partial charge on any atom is 0.432 e. The Balaban J connectivity index is 5.28. The summed E-state index contributed by atoms with van der Waals surface area (Å²) in [7, 11) is -6.41. The Morgan fingerprint density at radius 3 is 1.90 bits per heavy atom. The minimum absolute atomic E-state index is 0.233. The molecule has 1 atom stereocenters. The molecule has 21 heavy (non-hydrogen) atoms. The lowest BCUT2D eigenvalue weighted by Crippen LogP contribution is -2.53. The fourth-order valence-electron chi connectivity index (χ4n) is 1.26. The number of rotatable bonds is 7. The average molecular weight is 343 g/mol. The molecular formula is C9H14F5NO5S. The monoisotopic (exact) mass is 343 g/mol. The first-order valence-electron chi connectivity index (χ1n) is 5.60. The Kier molecular flexibility index (Phi) is 6.50. The van der Waals surface area contributed by atoms with E-state index in [9.17, 15) is 35.2 Å². The largest absolute Gasteiger partial charge is 0.444 e. The molecule has 0 aliphatic heterocycles. The van der Waals surface area contributed by atoms with E-state index in [4.69, 9.17) is 4.55 Å². The smallest absolute Gasteiger partial charge is 0.432 e. The molecule has 0 rings (SSSR count). The molecule has 0 fully saturated rings. The van der Waals surface area contributed by atoms with Crippen molar-refractivity contribution in [2.75, 3.05) is 19.6 Å². The van der Waals surface area contributed by atoms with Crippen molar-refractivity contribution in [3.8, 4) is 0 Å². The molecule has 0 saturated carbocycles. The van der Waals surface area contributed by atoms with Gasteiger partial charge in [-0.3, -0.25) is 14.2 Å². The minimum Gasteiger partial charge on any atom is -0.444 e. The minimum atomic E-state index is -6.41. The van der Waals surface area contributed by atoms with E-state index in [1.807, 2.05) is 0 Å². The summed E-state index contributed by atoms with van der Waals surface area (Å²) < 4.78 is 96.0. The van der Waals surface area contributed by atoms with E-state index in [-0.39, 0.29) is 13.1 Å². The van der Waals surface area contributed by atoms with Gasteiger partial charge in [0, 0.05) is 0 Å². The summed E-state index contributed by atoms with van der Waals surface area (Å²) in [5, 5.41) is -5.70. The molecule has 0 bridgehead atoms. The van der Waals surface area contributed by atoms with Gasteiger partial charge in [0.1, 0.15) is 0 Å². The molecular weight excluding hydrogens is 329 g/mol. The Labute approximate surface area is 117 Å². The molecule has 0 aliphatic rings. The summed E-state index contributed by atoms with van der Waals surface area (Å²) in [6.45, 7) is 2.85. The molecule has 0 heterocycles. The second kappa shape index (κ2) is 6.83. The lowest BCUT2D eigenvalue weighted by molar-refractivity contribution is -0.259. The van der Waals surface area contributed by atoms with Gasteiger partial charge < -0.3 is 4.74 Å².